The summed E-state index contributed by atoms with van der Waals surface area (Å²) in [5, 5.41) is 8.74. The maximum atomic E-state index is 8.74. The van der Waals surface area contributed by atoms with Crippen LogP contribution in [-0.2, 0) is 4.74 Å². The minimum absolute atomic E-state index is 0.125. The van der Waals surface area contributed by atoms with Gasteiger partial charge in [0.15, 0.2) is 0 Å². The Kier molecular flexibility index (Phi) is 1.05. The van der Waals surface area contributed by atoms with E-state index in [1.54, 1.807) is 6.92 Å². The van der Waals surface area contributed by atoms with Gasteiger partial charge in [-0.25, -0.2) is 0 Å². The molecule has 42 valence electrons. The van der Waals surface area contributed by atoms with E-state index < -0.39 is 0 Å². The monoisotopic (exact) mass is 102 g/mol. The largest absolute Gasteiger partial charge is 0.391 e. The van der Waals surface area contributed by atoms with Crippen molar-refractivity contribution >= 4 is 0 Å². The van der Waals surface area contributed by atoms with Crippen LogP contribution in [0.1, 0.15) is 13.8 Å². The van der Waals surface area contributed by atoms with Gasteiger partial charge in [0, 0.05) is 0 Å². The summed E-state index contributed by atoms with van der Waals surface area (Å²) in [6.45, 7) is 3.70. The van der Waals surface area contributed by atoms with Crippen molar-refractivity contribution in [2.24, 2.45) is 0 Å². The first-order chi connectivity index (χ1) is 3.22. The molecule has 0 aromatic carbocycles. The molecule has 7 heavy (non-hydrogen) atoms. The van der Waals surface area contributed by atoms with Gasteiger partial charge in [0.1, 0.15) is 6.10 Å². The lowest BCUT2D eigenvalue weighted by Gasteiger charge is -1.92. The van der Waals surface area contributed by atoms with Crippen molar-refractivity contribution in [3.8, 4) is 0 Å². The summed E-state index contributed by atoms with van der Waals surface area (Å²) >= 11 is 0. The second-order valence-corrected chi connectivity index (χ2v) is 2.05. The highest BCUT2D eigenvalue weighted by Crippen LogP contribution is 2.23. The molecule has 1 aliphatic heterocycles. The fourth-order valence-corrected chi connectivity index (χ4v) is 0.708. The van der Waals surface area contributed by atoms with Crippen molar-refractivity contribution in [2.75, 3.05) is 0 Å². The highest BCUT2D eigenvalue weighted by Gasteiger charge is 2.37. The molecule has 0 saturated carbocycles. The molecule has 1 fully saturated rings. The molecule has 1 saturated heterocycles. The van der Waals surface area contributed by atoms with Crippen LogP contribution in [0.2, 0.25) is 0 Å². The van der Waals surface area contributed by atoms with E-state index in [4.69, 9.17) is 9.84 Å². The molecule has 0 aromatic rings. The summed E-state index contributed by atoms with van der Waals surface area (Å²) in [6.07, 6.45) is 0.134. The lowest BCUT2D eigenvalue weighted by Crippen LogP contribution is -2.09. The Morgan fingerprint density at radius 2 is 2.14 bits per heavy atom. The van der Waals surface area contributed by atoms with Crippen LogP contribution >= 0.6 is 0 Å². The molecule has 0 bridgehead atoms. The smallest absolute Gasteiger partial charge is 0.109 e. The number of epoxide rings is 1. The summed E-state index contributed by atoms with van der Waals surface area (Å²) < 4.78 is 4.93. The predicted molar refractivity (Wildman–Crippen MR) is 26.0 cm³/mol. The number of aliphatic hydroxyl groups excluding tert-OH is 1. The van der Waals surface area contributed by atoms with Crippen molar-refractivity contribution in [3.63, 3.8) is 0 Å². The van der Waals surface area contributed by atoms with Crippen molar-refractivity contribution < 1.29 is 9.84 Å². The fraction of sp³-hybridized carbons (Fsp3) is 1.00. The lowest BCUT2D eigenvalue weighted by atomic mass is 10.2. The minimum atomic E-state index is -0.282. The number of hydrogen-bond acceptors (Lipinski definition) is 2. The van der Waals surface area contributed by atoms with Crippen molar-refractivity contribution in [3.05, 3.63) is 0 Å². The van der Waals surface area contributed by atoms with Crippen molar-refractivity contribution in [2.45, 2.75) is 32.2 Å². The predicted octanol–water partition coefficient (Wildman–Crippen LogP) is 0.155. The van der Waals surface area contributed by atoms with Crippen LogP contribution < -0.4 is 0 Å². The summed E-state index contributed by atoms with van der Waals surface area (Å²) in [4.78, 5) is 0. The molecule has 0 aliphatic carbocycles. The highest BCUT2D eigenvalue weighted by molar-refractivity contribution is 4.84. The number of aliphatic hydroxyl groups is 1. The van der Waals surface area contributed by atoms with Crippen LogP contribution in [-0.4, -0.2) is 23.4 Å². The van der Waals surface area contributed by atoms with E-state index in [2.05, 4.69) is 0 Å². The average molecular weight is 102 g/mol. The molecular formula is C5H10O2. The van der Waals surface area contributed by atoms with Gasteiger partial charge in [-0.2, -0.15) is 0 Å². The van der Waals surface area contributed by atoms with Crippen LogP contribution in [0.15, 0.2) is 0 Å². The van der Waals surface area contributed by atoms with Gasteiger partial charge >= 0.3 is 0 Å². The zero-order chi connectivity index (χ0) is 5.44. The van der Waals surface area contributed by atoms with Gasteiger partial charge in [-0.05, 0) is 13.8 Å². The molecule has 0 aromatic heterocycles. The van der Waals surface area contributed by atoms with Crippen molar-refractivity contribution in [1.82, 2.24) is 0 Å². The first-order valence-corrected chi connectivity index (χ1v) is 2.55. The van der Waals surface area contributed by atoms with E-state index in [0.29, 0.717) is 6.10 Å². The number of rotatable bonds is 1. The van der Waals surface area contributed by atoms with Gasteiger partial charge in [0.25, 0.3) is 0 Å². The Balaban J connectivity index is 2.20. The topological polar surface area (TPSA) is 32.8 Å². The van der Waals surface area contributed by atoms with Crippen LogP contribution in [0.4, 0.5) is 0 Å². The van der Waals surface area contributed by atoms with E-state index in [1.165, 1.54) is 0 Å². The normalized spacial score (nSPS) is 43.3. The summed E-state index contributed by atoms with van der Waals surface area (Å²) in [7, 11) is 0. The third-order valence-corrected chi connectivity index (χ3v) is 1.23. The van der Waals surface area contributed by atoms with E-state index in [0.717, 1.165) is 0 Å². The molecule has 0 radical (unpaired) electrons. The molecule has 1 aliphatic rings. The van der Waals surface area contributed by atoms with Crippen LogP contribution in [0.5, 0.6) is 0 Å². The van der Waals surface area contributed by atoms with E-state index in [-0.39, 0.29) is 12.2 Å². The summed E-state index contributed by atoms with van der Waals surface area (Å²) in [6, 6.07) is 0. The first kappa shape index (κ1) is 5.06. The Morgan fingerprint density at radius 1 is 1.71 bits per heavy atom. The Morgan fingerprint density at radius 3 is 2.14 bits per heavy atom. The molecule has 2 heteroatoms. The van der Waals surface area contributed by atoms with Gasteiger partial charge in [-0.3, -0.25) is 0 Å². The van der Waals surface area contributed by atoms with Crippen LogP contribution in [0.3, 0.4) is 0 Å². The zero-order valence-electron chi connectivity index (χ0n) is 4.59. The molecule has 0 unspecified atom stereocenters. The molecule has 1 rings (SSSR count). The Labute approximate surface area is 43.1 Å². The highest BCUT2D eigenvalue weighted by atomic mass is 16.6. The van der Waals surface area contributed by atoms with E-state index >= 15 is 0 Å². The molecule has 1 heterocycles. The van der Waals surface area contributed by atoms with E-state index in [9.17, 15) is 0 Å². The first-order valence-electron chi connectivity index (χ1n) is 2.55. The van der Waals surface area contributed by atoms with Crippen molar-refractivity contribution in [1.29, 1.82) is 0 Å². The van der Waals surface area contributed by atoms with Gasteiger partial charge in [0.2, 0.25) is 0 Å². The summed E-state index contributed by atoms with van der Waals surface area (Å²) in [5.74, 6) is 0. The Bertz CT molecular complexity index is 70.5. The molecular weight excluding hydrogens is 92.1 g/mol. The molecule has 2 nitrogen and oxygen atoms in total. The van der Waals surface area contributed by atoms with Gasteiger partial charge in [0.05, 0.1) is 12.2 Å². The third-order valence-electron chi connectivity index (χ3n) is 1.23. The second kappa shape index (κ2) is 1.46. The maximum Gasteiger partial charge on any atom is 0.109 e. The van der Waals surface area contributed by atoms with E-state index in [1.807, 2.05) is 6.92 Å². The van der Waals surface area contributed by atoms with Gasteiger partial charge in [-0.15, -0.1) is 0 Å². The summed E-state index contributed by atoms with van der Waals surface area (Å²) in [5.41, 5.74) is 0. The third kappa shape index (κ3) is 0.924. The van der Waals surface area contributed by atoms with Gasteiger partial charge in [-0.1, -0.05) is 0 Å². The SMILES string of the molecule is C[C@H](O)[C@H]1O[C@H]1C. The second-order valence-electron chi connectivity index (χ2n) is 2.05. The zero-order valence-corrected chi connectivity index (χ0v) is 4.59. The Hall–Kier alpha value is -0.0800. The van der Waals surface area contributed by atoms with Crippen LogP contribution in [0.25, 0.3) is 0 Å². The lowest BCUT2D eigenvalue weighted by molar-refractivity contribution is 0.152. The molecule has 0 spiro atoms. The quantitative estimate of drug-likeness (QED) is 0.478. The minimum Gasteiger partial charge on any atom is -0.391 e. The number of hydrogen-bond donors (Lipinski definition) is 1. The maximum absolute atomic E-state index is 8.74. The van der Waals surface area contributed by atoms with Gasteiger partial charge < -0.3 is 9.84 Å². The molecule has 3 atom stereocenters. The van der Waals surface area contributed by atoms with Crippen LogP contribution in [0, 0.1) is 0 Å². The standard InChI is InChI=1S/C5H10O2/c1-3(6)5-4(2)7-5/h3-6H,1-2H3/t3-,4-,5+/m0/s1. The number of ether oxygens (including phenoxy) is 1. The molecule has 0 amide bonds. The fourth-order valence-electron chi connectivity index (χ4n) is 0.708. The average Bonchev–Trinajstić information content (AvgIpc) is 2.17. The molecule has 1 N–H and O–H groups in total.